The summed E-state index contributed by atoms with van der Waals surface area (Å²) in [5.74, 6) is -0.851. The number of hydrogen-bond acceptors (Lipinski definition) is 3. The van der Waals surface area contributed by atoms with Crippen LogP contribution in [0.5, 0.6) is 0 Å². The minimum atomic E-state index is -0.965. The van der Waals surface area contributed by atoms with Crippen molar-refractivity contribution in [2.75, 3.05) is 6.54 Å². The fourth-order valence-electron chi connectivity index (χ4n) is 2.05. The lowest BCUT2D eigenvalue weighted by Gasteiger charge is -2.27. The predicted molar refractivity (Wildman–Crippen MR) is 62.7 cm³/mol. The second kappa shape index (κ2) is 4.55. The largest absolute Gasteiger partial charge is 0.480 e. The highest BCUT2D eigenvalue weighted by atomic mass is 16.6. The zero-order valence-electron chi connectivity index (χ0n) is 11.1. The second-order valence-electron chi connectivity index (χ2n) is 5.75. The van der Waals surface area contributed by atoms with Gasteiger partial charge >= 0.3 is 12.1 Å². The minimum Gasteiger partial charge on any atom is -0.480 e. The number of carbonyl (C=O) groups excluding carboxylic acids is 1. The van der Waals surface area contributed by atoms with Gasteiger partial charge in [-0.1, -0.05) is 13.8 Å². The van der Waals surface area contributed by atoms with E-state index < -0.39 is 23.7 Å². The summed E-state index contributed by atoms with van der Waals surface area (Å²) in [6.45, 7) is 9.54. The molecule has 0 bridgehead atoms. The Hall–Kier alpha value is -1.26. The van der Waals surface area contributed by atoms with Gasteiger partial charge in [-0.15, -0.1) is 0 Å². The van der Waals surface area contributed by atoms with Gasteiger partial charge < -0.3 is 9.84 Å². The summed E-state index contributed by atoms with van der Waals surface area (Å²) in [5.41, 5.74) is -0.602. The Morgan fingerprint density at radius 1 is 1.29 bits per heavy atom. The Balaban J connectivity index is 2.82. The van der Waals surface area contributed by atoms with E-state index in [1.807, 2.05) is 13.8 Å². The summed E-state index contributed by atoms with van der Waals surface area (Å²) in [6.07, 6.45) is -0.541. The average Bonchev–Trinajstić information content (AvgIpc) is 2.40. The Kier molecular flexibility index (Phi) is 3.69. The van der Waals surface area contributed by atoms with Gasteiger partial charge in [-0.2, -0.15) is 0 Å². The third-order valence-corrected chi connectivity index (χ3v) is 3.10. The molecule has 0 aromatic carbocycles. The number of ether oxygens (including phenoxy) is 1. The molecule has 0 radical (unpaired) electrons. The molecule has 1 heterocycles. The number of carbonyl (C=O) groups is 2. The lowest BCUT2D eigenvalue weighted by molar-refractivity contribution is -0.143. The topological polar surface area (TPSA) is 66.8 Å². The molecule has 0 aromatic heterocycles. The second-order valence-corrected chi connectivity index (χ2v) is 5.75. The molecule has 1 aliphatic rings. The number of nitrogens with zero attached hydrogens (tertiary/aromatic N) is 1. The molecule has 0 aromatic rings. The fraction of sp³-hybridized carbons (Fsp3) is 0.833. The summed E-state index contributed by atoms with van der Waals surface area (Å²) >= 11 is 0. The first-order chi connectivity index (χ1) is 7.63. The van der Waals surface area contributed by atoms with E-state index in [1.165, 1.54) is 4.90 Å². The molecule has 0 aliphatic carbocycles. The highest BCUT2D eigenvalue weighted by Crippen LogP contribution is 2.30. The SMILES string of the molecule is CC1CN(C(=O)OC(C)(C)C)C(C(=O)O)C1C. The van der Waals surface area contributed by atoms with Crippen LogP contribution in [-0.4, -0.2) is 40.3 Å². The standard InChI is InChI=1S/C12H21NO4/c1-7-6-13(9(8(7)2)10(14)15)11(16)17-12(3,4)5/h7-9H,6H2,1-5H3,(H,14,15). The van der Waals surface area contributed by atoms with Crippen LogP contribution in [0.25, 0.3) is 0 Å². The van der Waals surface area contributed by atoms with E-state index in [1.54, 1.807) is 20.8 Å². The average molecular weight is 243 g/mol. The number of rotatable bonds is 1. The van der Waals surface area contributed by atoms with Gasteiger partial charge in [0.1, 0.15) is 11.6 Å². The van der Waals surface area contributed by atoms with E-state index in [0.717, 1.165) is 0 Å². The highest BCUT2D eigenvalue weighted by Gasteiger charge is 2.45. The van der Waals surface area contributed by atoms with Crippen LogP contribution in [0.3, 0.4) is 0 Å². The molecule has 1 saturated heterocycles. The van der Waals surface area contributed by atoms with Crippen LogP contribution in [0.15, 0.2) is 0 Å². The van der Waals surface area contributed by atoms with Crippen LogP contribution in [0.1, 0.15) is 34.6 Å². The maximum absolute atomic E-state index is 11.9. The Morgan fingerprint density at radius 2 is 1.82 bits per heavy atom. The molecule has 3 unspecified atom stereocenters. The van der Waals surface area contributed by atoms with Crippen molar-refractivity contribution in [3.05, 3.63) is 0 Å². The van der Waals surface area contributed by atoms with Gasteiger partial charge in [-0.3, -0.25) is 4.90 Å². The number of aliphatic carboxylic acids is 1. The molecule has 0 saturated carbocycles. The Labute approximate surface area is 102 Å². The van der Waals surface area contributed by atoms with Crippen molar-refractivity contribution in [1.29, 1.82) is 0 Å². The van der Waals surface area contributed by atoms with Crippen molar-refractivity contribution >= 4 is 12.1 Å². The first-order valence-electron chi connectivity index (χ1n) is 5.86. The van der Waals surface area contributed by atoms with Crippen molar-refractivity contribution in [2.24, 2.45) is 11.8 Å². The van der Waals surface area contributed by atoms with Gasteiger partial charge in [0.15, 0.2) is 0 Å². The molecular formula is C12H21NO4. The molecule has 98 valence electrons. The van der Waals surface area contributed by atoms with Crippen molar-refractivity contribution in [3.63, 3.8) is 0 Å². The lowest BCUT2D eigenvalue weighted by Crippen LogP contribution is -2.45. The van der Waals surface area contributed by atoms with E-state index >= 15 is 0 Å². The van der Waals surface area contributed by atoms with Crippen molar-refractivity contribution in [3.8, 4) is 0 Å². The molecule has 17 heavy (non-hydrogen) atoms. The van der Waals surface area contributed by atoms with Crippen molar-refractivity contribution in [2.45, 2.75) is 46.3 Å². The molecular weight excluding hydrogens is 222 g/mol. The lowest BCUT2D eigenvalue weighted by atomic mass is 9.94. The molecule has 1 N–H and O–H groups in total. The molecule has 1 amide bonds. The van der Waals surface area contributed by atoms with Gasteiger partial charge in [0, 0.05) is 6.54 Å². The maximum atomic E-state index is 11.9. The zero-order valence-corrected chi connectivity index (χ0v) is 11.1. The molecule has 1 rings (SSSR count). The third kappa shape index (κ3) is 3.11. The number of hydrogen-bond donors (Lipinski definition) is 1. The summed E-state index contributed by atoms with van der Waals surface area (Å²) in [5, 5.41) is 9.17. The summed E-state index contributed by atoms with van der Waals surface area (Å²) in [4.78, 5) is 24.4. The quantitative estimate of drug-likeness (QED) is 0.764. The number of amides is 1. The van der Waals surface area contributed by atoms with Crippen molar-refractivity contribution < 1.29 is 19.4 Å². The molecule has 3 atom stereocenters. The van der Waals surface area contributed by atoms with Gasteiger partial charge in [0.25, 0.3) is 0 Å². The van der Waals surface area contributed by atoms with E-state index in [2.05, 4.69) is 0 Å². The Morgan fingerprint density at radius 3 is 2.24 bits per heavy atom. The fourth-order valence-corrected chi connectivity index (χ4v) is 2.05. The van der Waals surface area contributed by atoms with Crippen LogP contribution < -0.4 is 0 Å². The van der Waals surface area contributed by atoms with E-state index in [9.17, 15) is 9.59 Å². The van der Waals surface area contributed by atoms with Gasteiger partial charge in [-0.05, 0) is 32.6 Å². The van der Waals surface area contributed by atoms with Gasteiger partial charge in [0.05, 0.1) is 0 Å². The molecule has 5 nitrogen and oxygen atoms in total. The number of likely N-dealkylation sites (tertiary alicyclic amines) is 1. The van der Waals surface area contributed by atoms with Crippen LogP contribution >= 0.6 is 0 Å². The Bertz CT molecular complexity index is 321. The van der Waals surface area contributed by atoms with E-state index in [-0.39, 0.29) is 11.8 Å². The molecule has 0 spiro atoms. The van der Waals surface area contributed by atoms with Crippen LogP contribution in [0.4, 0.5) is 4.79 Å². The molecule has 5 heteroatoms. The van der Waals surface area contributed by atoms with Crippen molar-refractivity contribution in [1.82, 2.24) is 4.90 Å². The van der Waals surface area contributed by atoms with Gasteiger partial charge in [-0.25, -0.2) is 9.59 Å². The minimum absolute atomic E-state index is 0.0555. The van der Waals surface area contributed by atoms with E-state index in [4.69, 9.17) is 9.84 Å². The van der Waals surface area contributed by atoms with E-state index in [0.29, 0.717) is 6.54 Å². The highest BCUT2D eigenvalue weighted by molar-refractivity contribution is 5.81. The third-order valence-electron chi connectivity index (χ3n) is 3.10. The van der Waals surface area contributed by atoms with Gasteiger partial charge in [0.2, 0.25) is 0 Å². The number of carboxylic acids is 1. The summed E-state index contributed by atoms with van der Waals surface area (Å²) in [6, 6.07) is -0.778. The van der Waals surface area contributed by atoms with Crippen LogP contribution in [-0.2, 0) is 9.53 Å². The first kappa shape index (κ1) is 13.8. The monoisotopic (exact) mass is 243 g/mol. The maximum Gasteiger partial charge on any atom is 0.411 e. The van der Waals surface area contributed by atoms with Crippen LogP contribution in [0.2, 0.25) is 0 Å². The first-order valence-corrected chi connectivity index (χ1v) is 5.86. The number of carboxylic acid groups (broad SMARTS) is 1. The molecule has 1 fully saturated rings. The summed E-state index contributed by atoms with van der Waals surface area (Å²) < 4.78 is 5.22. The molecule has 1 aliphatic heterocycles. The smallest absolute Gasteiger partial charge is 0.411 e. The zero-order chi connectivity index (χ0) is 13.4. The van der Waals surface area contributed by atoms with Crippen LogP contribution in [0, 0.1) is 11.8 Å². The summed E-state index contributed by atoms with van der Waals surface area (Å²) in [7, 11) is 0. The normalized spacial score (nSPS) is 29.2. The predicted octanol–water partition coefficient (Wildman–Crippen LogP) is 1.96.